The number of nitrogens with zero attached hydrogens (tertiary/aromatic N) is 1. The Morgan fingerprint density at radius 3 is 2.48 bits per heavy atom. The van der Waals surface area contributed by atoms with E-state index in [-0.39, 0.29) is 32.1 Å². The zero-order valence-corrected chi connectivity index (χ0v) is 13.0. The van der Waals surface area contributed by atoms with E-state index < -0.39 is 17.7 Å². The van der Waals surface area contributed by atoms with E-state index >= 15 is 0 Å². The van der Waals surface area contributed by atoms with Crippen molar-refractivity contribution in [2.75, 3.05) is 33.0 Å². The summed E-state index contributed by atoms with van der Waals surface area (Å²) in [7, 11) is 0. The molecule has 1 N–H and O–H groups in total. The largest absolute Gasteiger partial charge is 0.411 e. The Morgan fingerprint density at radius 1 is 1.17 bits per heavy atom. The van der Waals surface area contributed by atoms with E-state index in [9.17, 15) is 18.0 Å². The van der Waals surface area contributed by atoms with Crippen molar-refractivity contribution >= 4 is 6.03 Å². The summed E-state index contributed by atoms with van der Waals surface area (Å²) < 4.78 is 51.0. The molecule has 3 aliphatic rings. The first-order valence-electron chi connectivity index (χ1n) is 8.22. The van der Waals surface area contributed by atoms with Gasteiger partial charge in [0.1, 0.15) is 5.54 Å². The quantitative estimate of drug-likeness (QED) is 0.860. The summed E-state index contributed by atoms with van der Waals surface area (Å²) in [5, 5.41) is 2.29. The molecule has 0 spiro atoms. The summed E-state index contributed by atoms with van der Waals surface area (Å²) >= 11 is 0. The molecule has 2 amide bonds. The molecule has 5 nitrogen and oxygen atoms in total. The van der Waals surface area contributed by atoms with Crippen LogP contribution in [0.3, 0.4) is 0 Å². The average molecular weight is 336 g/mol. The van der Waals surface area contributed by atoms with Crippen LogP contribution in [0.5, 0.6) is 0 Å². The summed E-state index contributed by atoms with van der Waals surface area (Å²) in [5.41, 5.74) is -2.18. The maximum atomic E-state index is 13.5. The van der Waals surface area contributed by atoms with Crippen LogP contribution in [0.4, 0.5) is 18.0 Å². The lowest BCUT2D eigenvalue weighted by Gasteiger charge is -2.43. The van der Waals surface area contributed by atoms with Crippen LogP contribution in [0, 0.1) is 5.92 Å². The second kappa shape index (κ2) is 6.47. The Hall–Kier alpha value is -1.02. The Bertz CT molecular complexity index is 434. The fourth-order valence-electron chi connectivity index (χ4n) is 3.33. The van der Waals surface area contributed by atoms with E-state index in [1.807, 2.05) is 0 Å². The molecule has 3 fully saturated rings. The standard InChI is InChI=1S/C15H23F3N2O3/c16-15(17,18)14(3-6-22-7-4-14)19-13(21)20-5-8-23-10-12(20)9-11-1-2-11/h11-12H,1-10H2,(H,19,21)/t12-/m0/s1. The molecule has 0 unspecified atom stereocenters. The molecule has 3 rings (SSSR count). The van der Waals surface area contributed by atoms with Crippen LogP contribution in [-0.4, -0.2) is 61.7 Å². The fraction of sp³-hybridized carbons (Fsp3) is 0.933. The van der Waals surface area contributed by atoms with Crippen molar-refractivity contribution in [3.63, 3.8) is 0 Å². The Balaban J connectivity index is 1.69. The van der Waals surface area contributed by atoms with Gasteiger partial charge in [0.25, 0.3) is 0 Å². The maximum absolute atomic E-state index is 13.5. The van der Waals surface area contributed by atoms with Crippen molar-refractivity contribution in [2.45, 2.75) is 49.9 Å². The highest BCUT2D eigenvalue weighted by atomic mass is 19.4. The molecule has 2 saturated heterocycles. The molecule has 0 aromatic heterocycles. The van der Waals surface area contributed by atoms with E-state index in [0.29, 0.717) is 25.7 Å². The molecular weight excluding hydrogens is 313 g/mol. The number of urea groups is 1. The van der Waals surface area contributed by atoms with Gasteiger partial charge < -0.3 is 19.7 Å². The second-order valence-corrected chi connectivity index (χ2v) is 6.72. The molecular formula is C15H23F3N2O3. The van der Waals surface area contributed by atoms with Gasteiger partial charge >= 0.3 is 12.2 Å². The minimum Gasteiger partial charge on any atom is -0.381 e. The smallest absolute Gasteiger partial charge is 0.381 e. The van der Waals surface area contributed by atoms with E-state index in [4.69, 9.17) is 9.47 Å². The van der Waals surface area contributed by atoms with Crippen LogP contribution in [0.1, 0.15) is 32.1 Å². The predicted molar refractivity (Wildman–Crippen MR) is 76.0 cm³/mol. The van der Waals surface area contributed by atoms with Crippen molar-refractivity contribution in [2.24, 2.45) is 5.92 Å². The summed E-state index contributed by atoms with van der Waals surface area (Å²) in [4.78, 5) is 14.1. The van der Waals surface area contributed by atoms with Crippen LogP contribution in [0.25, 0.3) is 0 Å². The number of halogens is 3. The second-order valence-electron chi connectivity index (χ2n) is 6.72. The van der Waals surface area contributed by atoms with Gasteiger partial charge in [-0.2, -0.15) is 13.2 Å². The van der Waals surface area contributed by atoms with Crippen LogP contribution in [0.2, 0.25) is 0 Å². The van der Waals surface area contributed by atoms with Crippen molar-refractivity contribution < 1.29 is 27.4 Å². The van der Waals surface area contributed by atoms with Gasteiger partial charge in [-0.25, -0.2) is 4.79 Å². The third-order valence-electron chi connectivity index (χ3n) is 5.03. The predicted octanol–water partition coefficient (Wildman–Crippen LogP) is 2.31. The number of ether oxygens (including phenoxy) is 2. The first-order valence-corrected chi connectivity index (χ1v) is 8.22. The zero-order chi connectivity index (χ0) is 16.5. The number of carbonyl (C=O) groups is 1. The highest BCUT2D eigenvalue weighted by Gasteiger charge is 2.56. The molecule has 0 aromatic carbocycles. The summed E-state index contributed by atoms with van der Waals surface area (Å²) in [6.07, 6.45) is -1.87. The van der Waals surface area contributed by atoms with Gasteiger partial charge in [-0.3, -0.25) is 0 Å². The van der Waals surface area contributed by atoms with Gasteiger partial charge in [-0.05, 0) is 12.3 Å². The Kier molecular flexibility index (Phi) is 4.73. The zero-order valence-electron chi connectivity index (χ0n) is 13.0. The lowest BCUT2D eigenvalue weighted by Crippen LogP contribution is -2.65. The van der Waals surface area contributed by atoms with Crippen LogP contribution in [0.15, 0.2) is 0 Å². The minimum atomic E-state index is -4.48. The number of alkyl halides is 3. The summed E-state index contributed by atoms with van der Waals surface area (Å²) in [6, 6.07) is -0.750. The highest BCUT2D eigenvalue weighted by molar-refractivity contribution is 5.75. The maximum Gasteiger partial charge on any atom is 0.411 e. The average Bonchev–Trinajstić information content (AvgIpc) is 3.31. The molecule has 8 heteroatoms. The molecule has 2 aliphatic heterocycles. The van der Waals surface area contributed by atoms with Gasteiger partial charge in [-0.15, -0.1) is 0 Å². The van der Waals surface area contributed by atoms with Gasteiger partial charge in [0.15, 0.2) is 0 Å². The molecule has 2 heterocycles. The van der Waals surface area contributed by atoms with E-state index in [0.717, 1.165) is 19.3 Å². The number of amides is 2. The molecule has 1 atom stereocenters. The normalized spacial score (nSPS) is 28.5. The number of hydrogen-bond donors (Lipinski definition) is 1. The van der Waals surface area contributed by atoms with E-state index in [1.165, 1.54) is 4.90 Å². The minimum absolute atomic E-state index is 0.00834. The first kappa shape index (κ1) is 16.8. The topological polar surface area (TPSA) is 50.8 Å². The first-order chi connectivity index (χ1) is 10.9. The third kappa shape index (κ3) is 3.74. The number of carbonyl (C=O) groups excluding carboxylic acids is 1. The van der Waals surface area contributed by atoms with Crippen molar-refractivity contribution in [1.82, 2.24) is 10.2 Å². The van der Waals surface area contributed by atoms with E-state index in [2.05, 4.69) is 5.32 Å². The Labute approximate surface area is 133 Å². The Morgan fingerprint density at radius 2 is 1.87 bits per heavy atom. The number of hydrogen-bond acceptors (Lipinski definition) is 3. The van der Waals surface area contributed by atoms with Gasteiger partial charge in [0.05, 0.1) is 19.3 Å². The van der Waals surface area contributed by atoms with Crippen LogP contribution >= 0.6 is 0 Å². The summed E-state index contributed by atoms with van der Waals surface area (Å²) in [6.45, 7) is 1.14. The van der Waals surface area contributed by atoms with Crippen LogP contribution in [-0.2, 0) is 9.47 Å². The monoisotopic (exact) mass is 336 g/mol. The van der Waals surface area contributed by atoms with Crippen LogP contribution < -0.4 is 5.32 Å². The van der Waals surface area contributed by atoms with Crippen molar-refractivity contribution in [3.8, 4) is 0 Å². The van der Waals surface area contributed by atoms with Gasteiger partial charge in [0, 0.05) is 32.6 Å². The molecule has 0 aromatic rings. The highest BCUT2D eigenvalue weighted by Crippen LogP contribution is 2.39. The molecule has 0 bridgehead atoms. The van der Waals surface area contributed by atoms with Crippen molar-refractivity contribution in [3.05, 3.63) is 0 Å². The molecule has 1 saturated carbocycles. The van der Waals surface area contributed by atoms with E-state index in [1.54, 1.807) is 0 Å². The number of nitrogens with one attached hydrogen (secondary N) is 1. The third-order valence-corrected chi connectivity index (χ3v) is 5.03. The van der Waals surface area contributed by atoms with Gasteiger partial charge in [0.2, 0.25) is 0 Å². The molecule has 132 valence electrons. The lowest BCUT2D eigenvalue weighted by molar-refractivity contribution is -0.213. The molecule has 1 aliphatic carbocycles. The molecule has 23 heavy (non-hydrogen) atoms. The SMILES string of the molecule is O=C(NC1(C(F)(F)F)CCOCC1)N1CCOC[C@@H]1CC1CC1. The van der Waals surface area contributed by atoms with Crippen molar-refractivity contribution in [1.29, 1.82) is 0 Å². The number of morpholine rings is 1. The summed E-state index contributed by atoms with van der Waals surface area (Å²) in [5.74, 6) is 0.580. The lowest BCUT2D eigenvalue weighted by atomic mass is 9.89. The van der Waals surface area contributed by atoms with Gasteiger partial charge in [-0.1, -0.05) is 12.8 Å². The number of rotatable bonds is 3. The molecule has 0 radical (unpaired) electrons. The fourth-order valence-corrected chi connectivity index (χ4v) is 3.33.